The van der Waals surface area contributed by atoms with E-state index >= 15 is 0 Å². The molecule has 0 spiro atoms. The van der Waals surface area contributed by atoms with E-state index in [0.717, 1.165) is 77.0 Å². The number of aliphatic hydroxyl groups is 1. The third kappa shape index (κ3) is 15.8. The Hall–Kier alpha value is -1.75. The van der Waals surface area contributed by atoms with Crippen LogP contribution in [-0.4, -0.2) is 112 Å². The summed E-state index contributed by atoms with van der Waals surface area (Å²) in [6, 6.07) is 6.14. The zero-order valence-corrected chi connectivity index (χ0v) is 36.0. The number of methoxy groups -OCH3 is 1. The Morgan fingerprint density at radius 1 is 0.797 bits per heavy atom. The molecule has 0 bridgehead atoms. The van der Waals surface area contributed by atoms with Gasteiger partial charge in [0.05, 0.1) is 72.0 Å². The third-order valence-corrected chi connectivity index (χ3v) is 14.3. The van der Waals surface area contributed by atoms with Crippen LogP contribution in [0.3, 0.4) is 0 Å². The zero-order valence-electron chi connectivity index (χ0n) is 35.2. The number of benzene rings is 1. The smallest absolute Gasteiger partial charge is 0.426 e. The van der Waals surface area contributed by atoms with Crippen LogP contribution in [0.4, 0.5) is 22.0 Å². The Morgan fingerprint density at radius 3 is 2.03 bits per heavy atom. The minimum Gasteiger partial charge on any atom is -0.426 e. The van der Waals surface area contributed by atoms with Crippen LogP contribution in [0.2, 0.25) is 0 Å². The number of unbranched alkanes of at least 4 members (excludes halogenated alkanes) is 6. The number of ether oxygens (including phenoxy) is 6. The summed E-state index contributed by atoms with van der Waals surface area (Å²) in [6.07, 6.45) is 5.36. The van der Waals surface area contributed by atoms with E-state index in [0.29, 0.717) is 94.4 Å². The number of rotatable bonds is 30. The molecule has 0 heterocycles. The lowest BCUT2D eigenvalue weighted by atomic mass is 9.52. The fourth-order valence-corrected chi connectivity index (χ4v) is 10.8. The predicted octanol–water partition coefficient (Wildman–Crippen LogP) is 8.99. The molecule has 1 N–H and O–H groups in total. The molecule has 0 amide bonds. The van der Waals surface area contributed by atoms with Crippen LogP contribution in [-0.2, 0) is 45.7 Å². The first kappa shape index (κ1) is 49.9. The van der Waals surface area contributed by atoms with E-state index in [1.54, 1.807) is 7.11 Å². The van der Waals surface area contributed by atoms with Gasteiger partial charge in [-0.15, -0.1) is 0 Å². The molecule has 1 aromatic carbocycles. The lowest BCUT2D eigenvalue weighted by molar-refractivity contribution is -0.284. The van der Waals surface area contributed by atoms with Crippen LogP contribution in [0.5, 0.6) is 5.75 Å². The van der Waals surface area contributed by atoms with E-state index in [4.69, 9.17) is 28.4 Å². The summed E-state index contributed by atoms with van der Waals surface area (Å²) in [4.78, 5) is 12.7. The first-order chi connectivity index (χ1) is 28.3. The van der Waals surface area contributed by atoms with Crippen molar-refractivity contribution in [1.29, 1.82) is 0 Å². The van der Waals surface area contributed by atoms with Crippen molar-refractivity contribution < 1.29 is 64.5 Å². The molecule has 3 aliphatic carbocycles. The molecule has 0 aromatic heterocycles. The summed E-state index contributed by atoms with van der Waals surface area (Å²) in [5, 5.41) is 11.1. The molecule has 59 heavy (non-hydrogen) atoms. The molecular weight excluding hydrogens is 800 g/mol. The number of aliphatic hydroxyl groups excluding tert-OH is 1. The molecule has 9 nitrogen and oxygen atoms in total. The average molecular weight is 869 g/mol. The van der Waals surface area contributed by atoms with Gasteiger partial charge in [0, 0.05) is 35.8 Å². The van der Waals surface area contributed by atoms with Crippen LogP contribution < -0.4 is 4.74 Å². The Balaban J connectivity index is 1.15. The van der Waals surface area contributed by atoms with Gasteiger partial charge in [-0.25, -0.2) is 0 Å². The lowest BCUT2D eigenvalue weighted by Crippen LogP contribution is -2.47. The van der Waals surface area contributed by atoms with Crippen molar-refractivity contribution in [1.82, 2.24) is 0 Å². The number of esters is 1. The second-order valence-electron chi connectivity index (χ2n) is 16.8. The van der Waals surface area contributed by atoms with Crippen LogP contribution in [0.25, 0.3) is 0 Å². The highest BCUT2D eigenvalue weighted by atomic mass is 32.2. The van der Waals surface area contributed by atoms with Gasteiger partial charge in [-0.1, -0.05) is 51.5 Å². The standard InChI is InChI=1S/C44H69F5O9S/c1-42-19-16-37-36-13-12-35(58-40(51)17-20-54-23-24-56-27-28-57-26-25-55-22-21-53-2)32-34(36)31-33(41(37)38(42)14-15-39(42)50)11-8-6-4-3-5-7-9-29-59(52)30-10-18-43(45,46)44(47,48)49/h12-13,32-33,37-39,41,50H,3-11,14-31H2,1-2H3/t33-,37-,38+,39+,41-,42+,59?/m1/s1. The van der Waals surface area contributed by atoms with Crippen LogP contribution in [0.15, 0.2) is 18.2 Å². The molecule has 2 fully saturated rings. The Morgan fingerprint density at radius 2 is 1.39 bits per heavy atom. The summed E-state index contributed by atoms with van der Waals surface area (Å²) in [6.45, 7) is 6.31. The maximum Gasteiger partial charge on any atom is 0.453 e. The normalized spacial score (nSPS) is 24.7. The van der Waals surface area contributed by atoms with Crippen molar-refractivity contribution in [3.05, 3.63) is 29.3 Å². The molecule has 2 saturated carbocycles. The second-order valence-corrected chi connectivity index (χ2v) is 18.5. The average Bonchev–Trinajstić information content (AvgIpc) is 3.49. The van der Waals surface area contributed by atoms with Crippen molar-refractivity contribution in [2.45, 2.75) is 134 Å². The summed E-state index contributed by atoms with van der Waals surface area (Å²) in [5.41, 5.74) is 2.57. The summed E-state index contributed by atoms with van der Waals surface area (Å²) < 4.78 is 108. The highest BCUT2D eigenvalue weighted by Gasteiger charge is 2.57. The van der Waals surface area contributed by atoms with E-state index < -0.39 is 35.7 Å². The van der Waals surface area contributed by atoms with Crippen LogP contribution in [0, 0.1) is 23.2 Å². The maximum absolute atomic E-state index is 13.1. The Labute approximate surface area is 350 Å². The summed E-state index contributed by atoms with van der Waals surface area (Å²) >= 11 is 0. The number of fused-ring (bicyclic) bond motifs is 5. The van der Waals surface area contributed by atoms with E-state index in [9.17, 15) is 36.1 Å². The minimum absolute atomic E-state index is 0.0489. The predicted molar refractivity (Wildman–Crippen MR) is 216 cm³/mol. The molecule has 1 unspecified atom stereocenters. The number of hydrogen-bond acceptors (Lipinski definition) is 9. The van der Waals surface area contributed by atoms with Gasteiger partial charge >= 0.3 is 18.1 Å². The van der Waals surface area contributed by atoms with E-state index in [-0.39, 0.29) is 36.3 Å². The van der Waals surface area contributed by atoms with Crippen molar-refractivity contribution in [2.75, 3.05) is 78.1 Å². The molecule has 0 radical (unpaired) electrons. The number of halogens is 5. The van der Waals surface area contributed by atoms with Gasteiger partial charge in [-0.2, -0.15) is 22.0 Å². The molecule has 0 aliphatic heterocycles. The summed E-state index contributed by atoms with van der Waals surface area (Å²) in [7, 11) is 0.239. The SMILES string of the molecule is COCCOCCOCCOCCOCCC(=O)Oc1ccc2c(c1)C[C@@H](CCCCCCCCCS(=O)CCCC(F)(F)C(F)(F)F)[C@@H]1[C@@H]2CC[C@]2(C)[C@@H](O)CC[C@@H]12. The molecule has 4 rings (SSSR count). The van der Waals surface area contributed by atoms with E-state index in [1.165, 1.54) is 11.1 Å². The van der Waals surface area contributed by atoms with Crippen LogP contribution in [0.1, 0.15) is 120 Å². The Kier molecular flexibility index (Phi) is 21.5. The first-order valence-corrected chi connectivity index (χ1v) is 23.4. The molecule has 3 aliphatic rings. The third-order valence-electron chi connectivity index (χ3n) is 12.8. The molecule has 0 saturated heterocycles. The van der Waals surface area contributed by atoms with Crippen LogP contribution >= 0.6 is 0 Å². The van der Waals surface area contributed by atoms with Gasteiger partial charge in [0.25, 0.3) is 0 Å². The van der Waals surface area contributed by atoms with Gasteiger partial charge in [0.15, 0.2) is 0 Å². The maximum atomic E-state index is 13.1. The van der Waals surface area contributed by atoms with Gasteiger partial charge in [-0.3, -0.25) is 9.00 Å². The topological polar surface area (TPSA) is 110 Å². The van der Waals surface area contributed by atoms with Crippen molar-refractivity contribution in [3.8, 4) is 5.75 Å². The number of hydrogen-bond donors (Lipinski definition) is 1. The fourth-order valence-electron chi connectivity index (χ4n) is 9.58. The highest BCUT2D eigenvalue weighted by Crippen LogP contribution is 2.62. The van der Waals surface area contributed by atoms with Gasteiger partial charge < -0.3 is 33.5 Å². The zero-order chi connectivity index (χ0) is 42.7. The Bertz CT molecular complexity index is 1400. The van der Waals surface area contributed by atoms with Gasteiger partial charge in [0.2, 0.25) is 0 Å². The molecule has 7 atom stereocenters. The largest absolute Gasteiger partial charge is 0.453 e. The summed E-state index contributed by atoms with van der Waals surface area (Å²) in [5.74, 6) is -2.44. The van der Waals surface area contributed by atoms with Crippen molar-refractivity contribution in [2.24, 2.45) is 23.2 Å². The van der Waals surface area contributed by atoms with E-state index in [1.807, 2.05) is 6.07 Å². The molecule has 340 valence electrons. The lowest BCUT2D eigenvalue weighted by Gasteiger charge is -2.53. The molecule has 1 aromatic rings. The number of carbonyl (C=O) groups excluding carboxylic acids is 1. The van der Waals surface area contributed by atoms with Gasteiger partial charge in [0.1, 0.15) is 5.75 Å². The fraction of sp³-hybridized carbons (Fsp3) is 0.841. The quantitative estimate of drug-likeness (QED) is 0.0351. The number of alkyl halides is 5. The molecule has 15 heteroatoms. The molecular formula is C44H69F5O9S. The van der Waals surface area contributed by atoms with E-state index in [2.05, 4.69) is 19.1 Å². The van der Waals surface area contributed by atoms with Crippen molar-refractivity contribution >= 4 is 16.8 Å². The minimum atomic E-state index is -5.56. The second kappa shape index (κ2) is 25.4. The monoisotopic (exact) mass is 868 g/mol. The van der Waals surface area contributed by atoms with Gasteiger partial charge in [-0.05, 0) is 104 Å². The number of carbonyl (C=O) groups is 1. The van der Waals surface area contributed by atoms with Crippen molar-refractivity contribution in [3.63, 3.8) is 0 Å². The first-order valence-electron chi connectivity index (χ1n) is 21.9. The highest BCUT2D eigenvalue weighted by molar-refractivity contribution is 7.84.